The minimum absolute atomic E-state index is 0.0303. The first-order valence-corrected chi connectivity index (χ1v) is 9.39. The van der Waals surface area contributed by atoms with Crippen LogP contribution in [0.2, 0.25) is 0 Å². The molecule has 0 fully saturated rings. The number of carbonyl (C=O) groups is 2. The lowest BCUT2D eigenvalue weighted by molar-refractivity contribution is -0.120. The number of fused-ring (bicyclic) bond motifs is 1. The van der Waals surface area contributed by atoms with Gasteiger partial charge in [0.25, 0.3) is 5.91 Å². The summed E-state index contributed by atoms with van der Waals surface area (Å²) in [5.74, 6) is 0.0897. The van der Waals surface area contributed by atoms with Crippen LogP contribution in [0.3, 0.4) is 0 Å². The molecule has 0 saturated heterocycles. The van der Waals surface area contributed by atoms with Crippen LogP contribution in [-0.4, -0.2) is 36.6 Å². The second-order valence-electron chi connectivity index (χ2n) is 6.62. The Bertz CT molecular complexity index is 1070. The molecule has 0 spiro atoms. The van der Waals surface area contributed by atoms with Gasteiger partial charge in [-0.15, -0.1) is 0 Å². The van der Waals surface area contributed by atoms with Crippen molar-refractivity contribution in [3.63, 3.8) is 0 Å². The molecule has 6 nitrogen and oxygen atoms in total. The van der Waals surface area contributed by atoms with Crippen LogP contribution in [0.5, 0.6) is 11.5 Å². The molecule has 0 unspecified atom stereocenters. The Kier molecular flexibility index (Phi) is 6.34. The van der Waals surface area contributed by atoms with Gasteiger partial charge >= 0.3 is 6.61 Å². The molecular weight excluding hydrogens is 394 g/mol. The van der Waals surface area contributed by atoms with Gasteiger partial charge in [-0.05, 0) is 61.9 Å². The third kappa shape index (κ3) is 4.27. The second-order valence-corrected chi connectivity index (χ2v) is 6.62. The molecule has 1 heterocycles. The zero-order valence-electron chi connectivity index (χ0n) is 16.9. The summed E-state index contributed by atoms with van der Waals surface area (Å²) in [6, 6.07) is 10.8. The van der Waals surface area contributed by atoms with Crippen LogP contribution >= 0.6 is 0 Å². The van der Waals surface area contributed by atoms with Gasteiger partial charge in [0.1, 0.15) is 11.5 Å². The van der Waals surface area contributed by atoms with Crippen molar-refractivity contribution < 1.29 is 27.8 Å². The third-order valence-corrected chi connectivity index (χ3v) is 4.78. The van der Waals surface area contributed by atoms with Crippen molar-refractivity contribution >= 4 is 22.7 Å². The minimum Gasteiger partial charge on any atom is -0.497 e. The van der Waals surface area contributed by atoms with Gasteiger partial charge in [0.2, 0.25) is 5.91 Å². The van der Waals surface area contributed by atoms with Crippen molar-refractivity contribution in [1.29, 1.82) is 0 Å². The van der Waals surface area contributed by atoms with Gasteiger partial charge < -0.3 is 14.8 Å². The third-order valence-electron chi connectivity index (χ3n) is 4.78. The fraction of sp³-hybridized carbons (Fsp3) is 0.273. The summed E-state index contributed by atoms with van der Waals surface area (Å²) in [5.41, 5.74) is 2.28. The summed E-state index contributed by atoms with van der Waals surface area (Å²) in [6.45, 7) is 1.18. The molecule has 1 aromatic heterocycles. The number of methoxy groups -OCH3 is 1. The molecular formula is C22H22F2N2O4. The van der Waals surface area contributed by atoms with E-state index in [1.165, 1.54) is 28.8 Å². The number of aromatic nitrogens is 1. The highest BCUT2D eigenvalue weighted by Crippen LogP contribution is 2.31. The number of halogens is 2. The molecule has 3 rings (SSSR count). The summed E-state index contributed by atoms with van der Waals surface area (Å²) in [7, 11) is 1.54. The largest absolute Gasteiger partial charge is 0.497 e. The monoisotopic (exact) mass is 416 g/mol. The van der Waals surface area contributed by atoms with E-state index in [4.69, 9.17) is 4.74 Å². The first kappa shape index (κ1) is 21.3. The maximum Gasteiger partial charge on any atom is 0.387 e. The lowest BCUT2D eigenvalue weighted by Crippen LogP contribution is -2.24. The number of amides is 1. The van der Waals surface area contributed by atoms with Gasteiger partial charge in [-0.3, -0.25) is 14.2 Å². The second kappa shape index (κ2) is 8.94. The van der Waals surface area contributed by atoms with Crippen LogP contribution in [0, 0.1) is 6.92 Å². The Morgan fingerprint density at radius 3 is 2.37 bits per heavy atom. The van der Waals surface area contributed by atoms with E-state index in [2.05, 4.69) is 10.1 Å². The summed E-state index contributed by atoms with van der Waals surface area (Å²) in [6.07, 6.45) is 0.116. The number of alkyl halides is 2. The Labute approximate surface area is 172 Å². The van der Waals surface area contributed by atoms with Gasteiger partial charge in [0.05, 0.1) is 19.0 Å². The normalized spacial score (nSPS) is 11.0. The van der Waals surface area contributed by atoms with Crippen molar-refractivity contribution in [3.8, 4) is 11.5 Å². The molecule has 0 aliphatic carbocycles. The first-order chi connectivity index (χ1) is 14.3. The SMILES string of the molecule is CCNC(=O)Cc1c(C)n(C(=O)c2ccc(OC(F)F)cc2)c2ccc(OC)cc12. The molecule has 0 aliphatic heterocycles. The Morgan fingerprint density at radius 2 is 1.77 bits per heavy atom. The van der Waals surface area contributed by atoms with Crippen molar-refractivity contribution in [3.05, 3.63) is 59.3 Å². The summed E-state index contributed by atoms with van der Waals surface area (Å²) < 4.78 is 35.9. The van der Waals surface area contributed by atoms with Crippen LogP contribution in [0.4, 0.5) is 8.78 Å². The fourth-order valence-electron chi connectivity index (χ4n) is 3.40. The van der Waals surface area contributed by atoms with E-state index in [1.807, 2.05) is 6.92 Å². The lowest BCUT2D eigenvalue weighted by atomic mass is 10.1. The van der Waals surface area contributed by atoms with Crippen LogP contribution in [-0.2, 0) is 11.2 Å². The number of hydrogen-bond donors (Lipinski definition) is 1. The standard InChI is InChI=1S/C22H22F2N2O4/c1-4-25-20(27)12-17-13(2)26(19-10-9-16(29-3)11-18(17)19)21(28)14-5-7-15(8-6-14)30-22(23)24/h5-11,22H,4,12H2,1-3H3,(H,25,27). The predicted octanol–water partition coefficient (Wildman–Crippen LogP) is 3.93. The van der Waals surface area contributed by atoms with E-state index in [9.17, 15) is 18.4 Å². The number of carbonyl (C=O) groups excluding carboxylic acids is 2. The van der Waals surface area contributed by atoms with Crippen molar-refractivity contribution in [2.24, 2.45) is 0 Å². The number of nitrogens with zero attached hydrogens (tertiary/aromatic N) is 1. The van der Waals surface area contributed by atoms with Crippen molar-refractivity contribution in [1.82, 2.24) is 9.88 Å². The number of ether oxygens (including phenoxy) is 2. The van der Waals surface area contributed by atoms with Gasteiger partial charge in [0.15, 0.2) is 0 Å². The maximum atomic E-state index is 13.2. The van der Waals surface area contributed by atoms with E-state index in [-0.39, 0.29) is 24.0 Å². The molecule has 2 aromatic carbocycles. The number of benzene rings is 2. The highest BCUT2D eigenvalue weighted by molar-refractivity contribution is 6.05. The highest BCUT2D eigenvalue weighted by atomic mass is 19.3. The highest BCUT2D eigenvalue weighted by Gasteiger charge is 2.22. The average Bonchev–Trinajstić information content (AvgIpc) is 2.98. The fourth-order valence-corrected chi connectivity index (χ4v) is 3.40. The Hall–Kier alpha value is -3.42. The van der Waals surface area contributed by atoms with Crippen LogP contribution in [0.1, 0.15) is 28.5 Å². The van der Waals surface area contributed by atoms with E-state index in [0.717, 1.165) is 10.9 Å². The lowest BCUT2D eigenvalue weighted by Gasteiger charge is -2.09. The molecule has 0 aliphatic rings. The smallest absolute Gasteiger partial charge is 0.387 e. The van der Waals surface area contributed by atoms with Crippen molar-refractivity contribution in [2.45, 2.75) is 26.9 Å². The van der Waals surface area contributed by atoms with Crippen LogP contribution in [0.15, 0.2) is 42.5 Å². The van der Waals surface area contributed by atoms with Gasteiger partial charge in [-0.25, -0.2) is 0 Å². The van der Waals surface area contributed by atoms with Crippen molar-refractivity contribution in [2.75, 3.05) is 13.7 Å². The van der Waals surface area contributed by atoms with Crippen LogP contribution < -0.4 is 14.8 Å². The Morgan fingerprint density at radius 1 is 1.10 bits per heavy atom. The quantitative estimate of drug-likeness (QED) is 0.634. The number of hydrogen-bond acceptors (Lipinski definition) is 4. The van der Waals surface area contributed by atoms with E-state index in [1.54, 1.807) is 32.2 Å². The molecule has 0 radical (unpaired) electrons. The molecule has 1 amide bonds. The maximum absolute atomic E-state index is 13.2. The molecule has 3 aromatic rings. The number of rotatable bonds is 7. The zero-order valence-corrected chi connectivity index (χ0v) is 16.9. The molecule has 158 valence electrons. The predicted molar refractivity (Wildman–Crippen MR) is 108 cm³/mol. The van der Waals surface area contributed by atoms with Crippen LogP contribution in [0.25, 0.3) is 10.9 Å². The molecule has 0 bridgehead atoms. The molecule has 1 N–H and O–H groups in total. The topological polar surface area (TPSA) is 69.6 Å². The molecule has 0 atom stereocenters. The van der Waals surface area contributed by atoms with Gasteiger partial charge in [-0.1, -0.05) is 0 Å². The van der Waals surface area contributed by atoms with Gasteiger partial charge in [-0.2, -0.15) is 8.78 Å². The Balaban J connectivity index is 2.07. The van der Waals surface area contributed by atoms with E-state index in [0.29, 0.717) is 29.1 Å². The van der Waals surface area contributed by atoms with E-state index < -0.39 is 6.61 Å². The summed E-state index contributed by atoms with van der Waals surface area (Å²) in [4.78, 5) is 25.5. The number of likely N-dealkylation sites (N-methyl/N-ethyl adjacent to an activating group) is 1. The van der Waals surface area contributed by atoms with Gasteiger partial charge in [0, 0.05) is 23.2 Å². The molecule has 8 heteroatoms. The first-order valence-electron chi connectivity index (χ1n) is 9.39. The molecule has 0 saturated carbocycles. The summed E-state index contributed by atoms with van der Waals surface area (Å²) in [5, 5.41) is 3.51. The molecule has 30 heavy (non-hydrogen) atoms. The average molecular weight is 416 g/mol. The minimum atomic E-state index is -2.94. The number of nitrogens with one attached hydrogen (secondary N) is 1. The van der Waals surface area contributed by atoms with E-state index >= 15 is 0 Å². The zero-order chi connectivity index (χ0) is 21.8. The summed E-state index contributed by atoms with van der Waals surface area (Å²) >= 11 is 0.